The second kappa shape index (κ2) is 8.15. The highest BCUT2D eigenvalue weighted by Gasteiger charge is 2.29. The molecule has 0 aliphatic carbocycles. The third-order valence-corrected chi connectivity index (χ3v) is 3.33. The fourth-order valence-corrected chi connectivity index (χ4v) is 2.08. The largest absolute Gasteiger partial charge is 0.378 e. The molecule has 1 aliphatic rings. The third-order valence-electron chi connectivity index (χ3n) is 3.33. The topological polar surface area (TPSA) is 58.6 Å². The molecule has 0 aromatic carbocycles. The molecule has 1 fully saturated rings. The van der Waals surface area contributed by atoms with E-state index in [2.05, 4.69) is 5.32 Å². The zero-order chi connectivity index (χ0) is 14.3. The summed E-state index contributed by atoms with van der Waals surface area (Å²) in [5.41, 5.74) is 0. The normalized spacial score (nSPS) is 17.4. The summed E-state index contributed by atoms with van der Waals surface area (Å²) in [6.07, 6.45) is 2.34. The molecule has 0 aromatic rings. The fourth-order valence-electron chi connectivity index (χ4n) is 2.08. The lowest BCUT2D eigenvalue weighted by molar-refractivity contribution is -0.141. The van der Waals surface area contributed by atoms with Crippen LogP contribution < -0.4 is 5.32 Å². The average molecular weight is 270 g/mol. The highest BCUT2D eigenvalue weighted by atomic mass is 16.5. The van der Waals surface area contributed by atoms with Crippen LogP contribution in [0, 0.1) is 5.92 Å². The summed E-state index contributed by atoms with van der Waals surface area (Å²) in [5, 5.41) is 2.88. The Morgan fingerprint density at radius 1 is 1.26 bits per heavy atom. The Balaban J connectivity index is 2.55. The van der Waals surface area contributed by atoms with E-state index in [0.29, 0.717) is 32.7 Å². The molecule has 0 spiro atoms. The summed E-state index contributed by atoms with van der Waals surface area (Å²) in [7, 11) is 0. The molecule has 2 amide bonds. The van der Waals surface area contributed by atoms with Crippen molar-refractivity contribution in [2.75, 3.05) is 26.3 Å². The number of amides is 2. The monoisotopic (exact) mass is 270 g/mol. The molecule has 110 valence electrons. The highest BCUT2D eigenvalue weighted by molar-refractivity contribution is 5.87. The van der Waals surface area contributed by atoms with Crippen molar-refractivity contribution in [2.24, 2.45) is 5.92 Å². The van der Waals surface area contributed by atoms with E-state index in [4.69, 9.17) is 4.74 Å². The standard InChI is InChI=1S/C14H26N2O3/c1-4-5-6-12(17)15-13(11(2)3)14(18)16-7-9-19-10-8-16/h11,13H,4-10H2,1-3H3,(H,15,17)/t13-/m1/s1. The molecule has 1 N–H and O–H groups in total. The van der Waals surface area contributed by atoms with Crippen LogP contribution in [0.4, 0.5) is 0 Å². The molecular weight excluding hydrogens is 244 g/mol. The van der Waals surface area contributed by atoms with Crippen LogP contribution >= 0.6 is 0 Å². The van der Waals surface area contributed by atoms with Crippen LogP contribution in [0.2, 0.25) is 0 Å². The van der Waals surface area contributed by atoms with Gasteiger partial charge in [0.1, 0.15) is 6.04 Å². The minimum absolute atomic E-state index is 0.0168. The van der Waals surface area contributed by atoms with Crippen LogP contribution in [0.5, 0.6) is 0 Å². The van der Waals surface area contributed by atoms with Gasteiger partial charge in [-0.2, -0.15) is 0 Å². The van der Waals surface area contributed by atoms with E-state index in [-0.39, 0.29) is 17.7 Å². The SMILES string of the molecule is CCCCC(=O)N[C@@H](C(=O)N1CCOCC1)C(C)C. The van der Waals surface area contributed by atoms with Crippen LogP contribution in [0.25, 0.3) is 0 Å². The van der Waals surface area contributed by atoms with Crippen molar-refractivity contribution in [3.63, 3.8) is 0 Å². The number of nitrogens with zero attached hydrogens (tertiary/aromatic N) is 1. The summed E-state index contributed by atoms with van der Waals surface area (Å²) in [5.74, 6) is 0.0891. The van der Waals surface area contributed by atoms with E-state index in [0.717, 1.165) is 12.8 Å². The summed E-state index contributed by atoms with van der Waals surface area (Å²) >= 11 is 0. The van der Waals surface area contributed by atoms with E-state index >= 15 is 0 Å². The molecule has 0 aromatic heterocycles. The van der Waals surface area contributed by atoms with Crippen LogP contribution in [0.3, 0.4) is 0 Å². The molecular formula is C14H26N2O3. The van der Waals surface area contributed by atoms with Crippen LogP contribution in [0.1, 0.15) is 40.0 Å². The van der Waals surface area contributed by atoms with Crippen LogP contribution in [0.15, 0.2) is 0 Å². The van der Waals surface area contributed by atoms with E-state index in [1.807, 2.05) is 20.8 Å². The molecule has 0 radical (unpaired) electrons. The minimum Gasteiger partial charge on any atom is -0.378 e. The number of hydrogen-bond acceptors (Lipinski definition) is 3. The van der Waals surface area contributed by atoms with Gasteiger partial charge in [0.15, 0.2) is 0 Å². The molecule has 0 bridgehead atoms. The first-order chi connectivity index (χ1) is 9.06. The lowest BCUT2D eigenvalue weighted by Crippen LogP contribution is -2.53. The van der Waals surface area contributed by atoms with E-state index in [1.165, 1.54) is 0 Å². The van der Waals surface area contributed by atoms with Crippen molar-refractivity contribution in [3.8, 4) is 0 Å². The Morgan fingerprint density at radius 2 is 1.89 bits per heavy atom. The van der Waals surface area contributed by atoms with Gasteiger partial charge in [-0.1, -0.05) is 27.2 Å². The second-order valence-corrected chi connectivity index (χ2v) is 5.33. The maximum Gasteiger partial charge on any atom is 0.245 e. The minimum atomic E-state index is -0.414. The van der Waals surface area contributed by atoms with Gasteiger partial charge in [-0.25, -0.2) is 0 Å². The van der Waals surface area contributed by atoms with E-state index in [1.54, 1.807) is 4.90 Å². The molecule has 1 heterocycles. The van der Waals surface area contributed by atoms with Crippen molar-refractivity contribution in [1.29, 1.82) is 0 Å². The predicted molar refractivity (Wildman–Crippen MR) is 73.7 cm³/mol. The van der Waals surface area contributed by atoms with Crippen molar-refractivity contribution >= 4 is 11.8 Å². The maximum atomic E-state index is 12.4. The van der Waals surface area contributed by atoms with E-state index < -0.39 is 6.04 Å². The number of hydrogen-bond donors (Lipinski definition) is 1. The number of rotatable bonds is 6. The Bertz CT molecular complexity index is 299. The fraction of sp³-hybridized carbons (Fsp3) is 0.857. The molecule has 1 atom stereocenters. The van der Waals surface area contributed by atoms with Gasteiger partial charge in [0.25, 0.3) is 0 Å². The Morgan fingerprint density at radius 3 is 2.42 bits per heavy atom. The molecule has 19 heavy (non-hydrogen) atoms. The second-order valence-electron chi connectivity index (χ2n) is 5.33. The predicted octanol–water partition coefficient (Wildman–Crippen LogP) is 1.18. The van der Waals surface area contributed by atoms with Gasteiger partial charge in [0.05, 0.1) is 13.2 Å². The van der Waals surface area contributed by atoms with Gasteiger partial charge < -0.3 is 15.0 Å². The average Bonchev–Trinajstić information content (AvgIpc) is 2.42. The van der Waals surface area contributed by atoms with Crippen molar-refractivity contribution in [2.45, 2.75) is 46.1 Å². The summed E-state index contributed by atoms with van der Waals surface area (Å²) < 4.78 is 5.24. The summed E-state index contributed by atoms with van der Waals surface area (Å²) in [6, 6.07) is -0.414. The smallest absolute Gasteiger partial charge is 0.245 e. The lowest BCUT2D eigenvalue weighted by atomic mass is 10.0. The number of nitrogens with one attached hydrogen (secondary N) is 1. The zero-order valence-corrected chi connectivity index (χ0v) is 12.3. The number of carbonyl (C=O) groups is 2. The molecule has 5 heteroatoms. The molecule has 0 saturated carbocycles. The van der Waals surface area contributed by atoms with Gasteiger partial charge in [0.2, 0.25) is 11.8 Å². The van der Waals surface area contributed by atoms with E-state index in [9.17, 15) is 9.59 Å². The van der Waals surface area contributed by atoms with Gasteiger partial charge in [0, 0.05) is 19.5 Å². The van der Waals surface area contributed by atoms with Crippen molar-refractivity contribution in [3.05, 3.63) is 0 Å². The maximum absolute atomic E-state index is 12.4. The number of ether oxygens (including phenoxy) is 1. The quantitative estimate of drug-likeness (QED) is 0.788. The molecule has 1 rings (SSSR count). The first-order valence-corrected chi connectivity index (χ1v) is 7.22. The Kier molecular flexibility index (Phi) is 6.84. The molecule has 5 nitrogen and oxygen atoms in total. The van der Waals surface area contributed by atoms with Gasteiger partial charge in [-0.15, -0.1) is 0 Å². The van der Waals surface area contributed by atoms with Gasteiger partial charge in [-0.3, -0.25) is 9.59 Å². The zero-order valence-electron chi connectivity index (χ0n) is 12.3. The van der Waals surface area contributed by atoms with Crippen LogP contribution in [-0.4, -0.2) is 49.1 Å². The summed E-state index contributed by atoms with van der Waals surface area (Å²) in [6.45, 7) is 8.37. The van der Waals surface area contributed by atoms with Gasteiger partial charge >= 0.3 is 0 Å². The van der Waals surface area contributed by atoms with Crippen molar-refractivity contribution < 1.29 is 14.3 Å². The number of morpholine rings is 1. The number of carbonyl (C=O) groups excluding carboxylic acids is 2. The first-order valence-electron chi connectivity index (χ1n) is 7.22. The van der Waals surface area contributed by atoms with Gasteiger partial charge in [-0.05, 0) is 12.3 Å². The highest BCUT2D eigenvalue weighted by Crippen LogP contribution is 2.09. The Labute approximate surface area is 115 Å². The number of unbranched alkanes of at least 4 members (excludes halogenated alkanes) is 1. The molecule has 1 saturated heterocycles. The molecule has 1 aliphatic heterocycles. The van der Waals surface area contributed by atoms with Crippen LogP contribution in [-0.2, 0) is 14.3 Å². The first kappa shape index (κ1) is 16.0. The van der Waals surface area contributed by atoms with Crippen molar-refractivity contribution in [1.82, 2.24) is 10.2 Å². The lowest BCUT2D eigenvalue weighted by Gasteiger charge is -2.32. The molecule has 0 unspecified atom stereocenters. The third kappa shape index (κ3) is 5.19. The summed E-state index contributed by atoms with van der Waals surface area (Å²) in [4.78, 5) is 26.0. The Hall–Kier alpha value is -1.10.